The summed E-state index contributed by atoms with van der Waals surface area (Å²) in [6, 6.07) is 44.0. The fourth-order valence-corrected chi connectivity index (χ4v) is 8.14. The van der Waals surface area contributed by atoms with E-state index in [1.165, 1.54) is 0 Å². The van der Waals surface area contributed by atoms with Gasteiger partial charge in [0.25, 0.3) is 0 Å². The lowest BCUT2D eigenvalue weighted by molar-refractivity contribution is 0.475. The van der Waals surface area contributed by atoms with E-state index < -0.39 is 10.0 Å². The third-order valence-electron chi connectivity index (χ3n) is 8.14. The number of hydrogen-bond donors (Lipinski definition) is 2. The number of phenolic OH excluding ortho intramolecular Hbond substituents is 2. The van der Waals surface area contributed by atoms with E-state index in [1.54, 1.807) is 24.3 Å². The molecule has 1 aliphatic rings. The first-order chi connectivity index (χ1) is 21.9. The summed E-state index contributed by atoms with van der Waals surface area (Å²) < 4.78 is 0. The quantitative estimate of drug-likeness (QED) is 0.195. The topological polar surface area (TPSA) is 40.5 Å². The number of allylic oxidation sites excluding steroid dienone is 4. The normalized spacial score (nSPS) is 14.5. The molecule has 0 saturated carbocycles. The van der Waals surface area contributed by atoms with E-state index in [-0.39, 0.29) is 11.5 Å². The Bertz CT molecular complexity index is 2140. The molecule has 6 aromatic rings. The summed E-state index contributed by atoms with van der Waals surface area (Å²) in [6.07, 6.45) is 4.60. The first kappa shape index (κ1) is 28.2. The van der Waals surface area contributed by atoms with Crippen molar-refractivity contribution in [3.05, 3.63) is 166 Å². The van der Waals surface area contributed by atoms with Gasteiger partial charge in [-0.1, -0.05) is 109 Å². The molecule has 0 unspecified atom stereocenters. The molecule has 45 heavy (non-hydrogen) atoms. The SMILES string of the molecule is CS1(C)C(C#Cc2ccc3cc(O)ccc3c2)=C(c2ccccc2)C(c2ccccc2)=C1C#Cc1ccc2cc(O)ccc2c1. The molecule has 0 bridgehead atoms. The molecule has 0 spiro atoms. The molecule has 7 rings (SSSR count). The van der Waals surface area contributed by atoms with Crippen LogP contribution in [0.3, 0.4) is 0 Å². The molecule has 0 aromatic heterocycles. The number of fused-ring (bicyclic) bond motifs is 2. The Hall–Kier alpha value is -5.61. The molecular formula is C42H30O2S. The maximum atomic E-state index is 9.90. The van der Waals surface area contributed by atoms with Crippen LogP contribution in [0.5, 0.6) is 11.5 Å². The maximum absolute atomic E-state index is 9.90. The standard InChI is InChI=1S/C42H30O2S/c1-45(2)39(23-15-29-13-17-35-27-37(43)21-19-33(35)25-29)41(31-9-5-3-6-10-31)42(32-11-7-4-8-12-32)40(45)24-16-30-14-18-36-28-38(44)22-20-34(36)26-30/h3-14,17-22,25-28,43-44H,1-2H3. The molecule has 2 N–H and O–H groups in total. The fourth-order valence-electron chi connectivity index (χ4n) is 5.86. The second kappa shape index (κ2) is 11.5. The largest absolute Gasteiger partial charge is 0.508 e. The van der Waals surface area contributed by atoms with Gasteiger partial charge in [-0.25, -0.2) is 0 Å². The van der Waals surface area contributed by atoms with Crippen LogP contribution in [0.4, 0.5) is 0 Å². The van der Waals surface area contributed by atoms with Gasteiger partial charge in [0, 0.05) is 22.3 Å². The van der Waals surface area contributed by atoms with Gasteiger partial charge in [-0.15, -0.1) is 0 Å². The highest BCUT2D eigenvalue weighted by atomic mass is 32.3. The number of benzene rings is 6. The van der Waals surface area contributed by atoms with Crippen molar-refractivity contribution in [2.75, 3.05) is 12.5 Å². The van der Waals surface area contributed by atoms with Gasteiger partial charge in [-0.05, 0) is 93.7 Å². The smallest absolute Gasteiger partial charge is 0.116 e. The van der Waals surface area contributed by atoms with Gasteiger partial charge in [0.1, 0.15) is 11.5 Å². The third kappa shape index (κ3) is 5.47. The van der Waals surface area contributed by atoms with Gasteiger partial charge < -0.3 is 10.2 Å². The second-order valence-electron chi connectivity index (χ2n) is 11.5. The van der Waals surface area contributed by atoms with Crippen molar-refractivity contribution in [2.45, 2.75) is 0 Å². The molecule has 6 aromatic carbocycles. The number of aromatic hydroxyl groups is 2. The van der Waals surface area contributed by atoms with Crippen LogP contribution in [-0.4, -0.2) is 22.7 Å². The van der Waals surface area contributed by atoms with Crippen LogP contribution < -0.4 is 0 Å². The number of phenols is 2. The lowest BCUT2D eigenvalue weighted by Gasteiger charge is -2.28. The van der Waals surface area contributed by atoms with Crippen molar-refractivity contribution >= 4 is 42.7 Å². The summed E-state index contributed by atoms with van der Waals surface area (Å²) >= 11 is 0. The lowest BCUT2D eigenvalue weighted by atomic mass is 9.91. The van der Waals surface area contributed by atoms with E-state index >= 15 is 0 Å². The van der Waals surface area contributed by atoms with Crippen LogP contribution in [0, 0.1) is 23.7 Å². The van der Waals surface area contributed by atoms with Crippen molar-refractivity contribution in [3.8, 4) is 35.2 Å². The van der Waals surface area contributed by atoms with Gasteiger partial charge in [-0.2, -0.15) is 10.0 Å². The molecule has 0 radical (unpaired) electrons. The Morgan fingerprint density at radius 3 is 1.22 bits per heavy atom. The van der Waals surface area contributed by atoms with Crippen LogP contribution in [0.25, 0.3) is 32.7 Å². The van der Waals surface area contributed by atoms with E-state index in [0.717, 1.165) is 64.8 Å². The zero-order chi connectivity index (χ0) is 31.0. The van der Waals surface area contributed by atoms with Crippen LogP contribution in [-0.2, 0) is 0 Å². The predicted octanol–water partition coefficient (Wildman–Crippen LogP) is 9.71. The maximum Gasteiger partial charge on any atom is 0.116 e. The summed E-state index contributed by atoms with van der Waals surface area (Å²) in [5.74, 6) is 14.8. The van der Waals surface area contributed by atoms with Crippen molar-refractivity contribution < 1.29 is 10.2 Å². The van der Waals surface area contributed by atoms with Gasteiger partial charge in [0.2, 0.25) is 0 Å². The molecular weight excluding hydrogens is 569 g/mol. The van der Waals surface area contributed by atoms with E-state index in [9.17, 15) is 10.2 Å². The molecule has 0 atom stereocenters. The highest BCUT2D eigenvalue weighted by Crippen LogP contribution is 2.67. The highest BCUT2D eigenvalue weighted by molar-refractivity contribution is 8.39. The Labute approximate surface area is 265 Å². The summed E-state index contributed by atoms with van der Waals surface area (Å²) in [5, 5.41) is 23.8. The van der Waals surface area contributed by atoms with Crippen LogP contribution in [0.1, 0.15) is 22.3 Å². The first-order valence-corrected chi connectivity index (χ1v) is 17.1. The van der Waals surface area contributed by atoms with Crippen molar-refractivity contribution in [1.29, 1.82) is 0 Å². The van der Waals surface area contributed by atoms with Crippen LogP contribution in [0.2, 0.25) is 0 Å². The fraction of sp³-hybridized carbons (Fsp3) is 0.0476. The van der Waals surface area contributed by atoms with E-state index in [2.05, 4.69) is 96.9 Å². The average molecular weight is 599 g/mol. The number of hydrogen-bond acceptors (Lipinski definition) is 2. The molecule has 1 heterocycles. The molecule has 216 valence electrons. The Morgan fingerprint density at radius 2 is 0.800 bits per heavy atom. The lowest BCUT2D eigenvalue weighted by Crippen LogP contribution is -1.97. The monoisotopic (exact) mass is 598 g/mol. The molecule has 0 aliphatic carbocycles. The van der Waals surface area contributed by atoms with Crippen molar-refractivity contribution in [3.63, 3.8) is 0 Å². The van der Waals surface area contributed by atoms with Gasteiger partial charge >= 0.3 is 0 Å². The van der Waals surface area contributed by atoms with Crippen LogP contribution >= 0.6 is 10.0 Å². The molecule has 0 amide bonds. The predicted molar refractivity (Wildman–Crippen MR) is 191 cm³/mol. The van der Waals surface area contributed by atoms with Gasteiger partial charge in [0.05, 0.1) is 9.81 Å². The minimum absolute atomic E-state index is 0.256. The van der Waals surface area contributed by atoms with Crippen molar-refractivity contribution in [2.24, 2.45) is 0 Å². The minimum atomic E-state index is -1.61. The Balaban J connectivity index is 1.42. The van der Waals surface area contributed by atoms with Crippen LogP contribution in [0.15, 0.2) is 143 Å². The van der Waals surface area contributed by atoms with E-state index in [0.29, 0.717) is 0 Å². The summed E-state index contributed by atoms with van der Waals surface area (Å²) in [6.45, 7) is 0. The molecule has 0 fully saturated rings. The van der Waals surface area contributed by atoms with E-state index in [4.69, 9.17) is 0 Å². The van der Waals surface area contributed by atoms with Crippen molar-refractivity contribution in [1.82, 2.24) is 0 Å². The molecule has 0 saturated heterocycles. The zero-order valence-electron chi connectivity index (χ0n) is 25.0. The zero-order valence-corrected chi connectivity index (χ0v) is 25.8. The summed E-state index contributed by atoms with van der Waals surface area (Å²) in [5.41, 5.74) is 6.37. The molecule has 3 heteroatoms. The first-order valence-electron chi connectivity index (χ1n) is 14.7. The Kier molecular flexibility index (Phi) is 7.19. The molecule has 2 nitrogen and oxygen atoms in total. The number of rotatable bonds is 2. The third-order valence-corrected chi connectivity index (χ3v) is 10.8. The Morgan fingerprint density at radius 1 is 0.422 bits per heavy atom. The molecule has 1 aliphatic heterocycles. The van der Waals surface area contributed by atoms with Gasteiger partial charge in [0.15, 0.2) is 0 Å². The minimum Gasteiger partial charge on any atom is -0.508 e. The van der Waals surface area contributed by atoms with E-state index in [1.807, 2.05) is 48.5 Å². The summed E-state index contributed by atoms with van der Waals surface area (Å²) in [4.78, 5) is 2.22. The second-order valence-corrected chi connectivity index (χ2v) is 14.9. The van der Waals surface area contributed by atoms with Gasteiger partial charge in [-0.3, -0.25) is 0 Å². The highest BCUT2D eigenvalue weighted by Gasteiger charge is 2.36. The average Bonchev–Trinajstić information content (AvgIpc) is 3.28. The summed E-state index contributed by atoms with van der Waals surface area (Å²) in [7, 11) is -1.61.